The van der Waals surface area contributed by atoms with Crippen molar-refractivity contribution in [2.45, 2.75) is 25.9 Å². The van der Waals surface area contributed by atoms with Crippen molar-refractivity contribution in [1.82, 2.24) is 19.9 Å². The second-order valence-corrected chi connectivity index (χ2v) is 6.95. The fraction of sp³-hybridized carbons (Fsp3) is 0.353. The van der Waals surface area contributed by atoms with Crippen LogP contribution in [0.4, 0.5) is 0 Å². The first-order valence-corrected chi connectivity index (χ1v) is 8.68. The predicted molar refractivity (Wildman–Crippen MR) is 93.8 cm³/mol. The van der Waals surface area contributed by atoms with Crippen molar-refractivity contribution in [1.29, 1.82) is 0 Å². The first-order valence-electron chi connectivity index (χ1n) is 7.69. The van der Waals surface area contributed by atoms with Gasteiger partial charge in [-0.05, 0) is 30.5 Å². The molecule has 1 aromatic carbocycles. The number of para-hydroxylation sites is 1. The topological polar surface area (TPSA) is 59.3 Å². The van der Waals surface area contributed by atoms with Crippen LogP contribution in [0.5, 0.6) is 0 Å². The van der Waals surface area contributed by atoms with Gasteiger partial charge in [-0.2, -0.15) is 0 Å². The zero-order valence-electron chi connectivity index (χ0n) is 13.5. The van der Waals surface area contributed by atoms with Crippen molar-refractivity contribution < 1.29 is 4.79 Å². The van der Waals surface area contributed by atoms with Gasteiger partial charge in [-0.15, -0.1) is 10.2 Å². The van der Waals surface area contributed by atoms with Crippen molar-refractivity contribution in [3.05, 3.63) is 35.9 Å². The first kappa shape index (κ1) is 15.8. The Morgan fingerprint density at radius 2 is 2.09 bits per heavy atom. The van der Waals surface area contributed by atoms with Gasteiger partial charge in [0.25, 0.3) is 0 Å². The standard InChI is InChI=1S/C17H20N4OS/c1-11(2)9-18-16(22)10-23-17-20-19-15-8-12(3)13-6-4-5-7-14(13)21(15)17/h4-8,11H,9-10H2,1-3H3,(H,18,22). The minimum absolute atomic E-state index is 0.0249. The Bertz CT molecular complexity index is 856. The van der Waals surface area contributed by atoms with Crippen molar-refractivity contribution in [3.8, 4) is 0 Å². The molecule has 6 heteroatoms. The Hall–Kier alpha value is -2.08. The summed E-state index contributed by atoms with van der Waals surface area (Å²) in [6, 6.07) is 10.2. The average molecular weight is 328 g/mol. The van der Waals surface area contributed by atoms with Crippen LogP contribution in [0.25, 0.3) is 16.6 Å². The SMILES string of the molecule is Cc1cc2nnc(SCC(=O)NCC(C)C)n2c2ccccc12. The molecule has 120 valence electrons. The van der Waals surface area contributed by atoms with Crippen LogP contribution in [0, 0.1) is 12.8 Å². The molecule has 3 aromatic rings. The highest BCUT2D eigenvalue weighted by molar-refractivity contribution is 7.99. The number of fused-ring (bicyclic) bond motifs is 3. The number of rotatable bonds is 5. The number of carbonyl (C=O) groups is 1. The number of hydrogen-bond donors (Lipinski definition) is 1. The van der Waals surface area contributed by atoms with E-state index in [4.69, 9.17) is 0 Å². The number of aromatic nitrogens is 3. The van der Waals surface area contributed by atoms with Gasteiger partial charge in [0.1, 0.15) is 0 Å². The molecule has 0 fully saturated rings. The van der Waals surface area contributed by atoms with Crippen LogP contribution in [0.1, 0.15) is 19.4 Å². The Morgan fingerprint density at radius 1 is 1.30 bits per heavy atom. The molecule has 0 saturated carbocycles. The number of carbonyl (C=O) groups excluding carboxylic acids is 1. The molecule has 2 aromatic heterocycles. The lowest BCUT2D eigenvalue weighted by Crippen LogP contribution is -2.28. The predicted octanol–water partition coefficient (Wildman–Crippen LogP) is 3.06. The number of thioether (sulfide) groups is 1. The van der Waals surface area contributed by atoms with Crippen LogP contribution in [0.15, 0.2) is 35.5 Å². The largest absolute Gasteiger partial charge is 0.355 e. The Morgan fingerprint density at radius 3 is 2.87 bits per heavy atom. The Balaban J connectivity index is 1.87. The third-order valence-corrected chi connectivity index (χ3v) is 4.54. The van der Waals surface area contributed by atoms with Crippen molar-refractivity contribution in [2.75, 3.05) is 12.3 Å². The second-order valence-electron chi connectivity index (χ2n) is 6.01. The van der Waals surface area contributed by atoms with E-state index in [1.165, 1.54) is 22.7 Å². The summed E-state index contributed by atoms with van der Waals surface area (Å²) >= 11 is 1.41. The van der Waals surface area contributed by atoms with Crippen LogP contribution >= 0.6 is 11.8 Å². The van der Waals surface area contributed by atoms with E-state index >= 15 is 0 Å². The molecular weight excluding hydrogens is 308 g/mol. The second kappa shape index (κ2) is 6.58. The number of pyridine rings is 1. The summed E-state index contributed by atoms with van der Waals surface area (Å²) < 4.78 is 2.02. The highest BCUT2D eigenvalue weighted by atomic mass is 32.2. The van der Waals surface area contributed by atoms with Gasteiger partial charge in [-0.1, -0.05) is 43.8 Å². The Kier molecular flexibility index (Phi) is 4.52. The summed E-state index contributed by atoms with van der Waals surface area (Å²) in [5.41, 5.74) is 3.05. The highest BCUT2D eigenvalue weighted by Gasteiger charge is 2.13. The number of amides is 1. The van der Waals surface area contributed by atoms with Crippen LogP contribution in [-0.2, 0) is 4.79 Å². The monoisotopic (exact) mass is 328 g/mol. The Labute approximate surface area is 139 Å². The van der Waals surface area contributed by atoms with Crippen molar-refractivity contribution >= 4 is 34.2 Å². The zero-order chi connectivity index (χ0) is 16.4. The van der Waals surface area contributed by atoms with Gasteiger partial charge in [0.05, 0.1) is 11.3 Å². The van der Waals surface area contributed by atoms with E-state index in [9.17, 15) is 4.79 Å². The van der Waals surface area contributed by atoms with E-state index in [1.807, 2.05) is 22.6 Å². The number of nitrogens with zero attached hydrogens (tertiary/aromatic N) is 3. The maximum absolute atomic E-state index is 11.9. The summed E-state index contributed by atoms with van der Waals surface area (Å²) in [5.74, 6) is 0.817. The third kappa shape index (κ3) is 3.32. The van der Waals surface area contributed by atoms with Gasteiger partial charge in [-0.25, -0.2) is 0 Å². The fourth-order valence-electron chi connectivity index (χ4n) is 2.47. The van der Waals surface area contributed by atoms with Crippen LogP contribution in [-0.4, -0.2) is 32.8 Å². The van der Waals surface area contributed by atoms with E-state index in [0.717, 1.165) is 16.3 Å². The molecule has 0 saturated heterocycles. The van der Waals surface area contributed by atoms with E-state index in [0.29, 0.717) is 18.2 Å². The summed E-state index contributed by atoms with van der Waals surface area (Å²) in [6.07, 6.45) is 0. The average Bonchev–Trinajstić information content (AvgIpc) is 2.94. The summed E-state index contributed by atoms with van der Waals surface area (Å²) in [7, 11) is 0. The summed E-state index contributed by atoms with van der Waals surface area (Å²) in [6.45, 7) is 6.92. The van der Waals surface area contributed by atoms with Crippen molar-refractivity contribution in [2.24, 2.45) is 5.92 Å². The molecule has 1 amide bonds. The van der Waals surface area contributed by atoms with E-state index < -0.39 is 0 Å². The molecule has 0 unspecified atom stereocenters. The molecule has 3 rings (SSSR count). The van der Waals surface area contributed by atoms with Crippen LogP contribution < -0.4 is 5.32 Å². The van der Waals surface area contributed by atoms with Gasteiger partial charge in [0.15, 0.2) is 10.8 Å². The molecule has 0 aliphatic carbocycles. The normalized spacial score (nSPS) is 11.5. The van der Waals surface area contributed by atoms with Gasteiger partial charge in [0.2, 0.25) is 5.91 Å². The lowest BCUT2D eigenvalue weighted by molar-refractivity contribution is -0.118. The van der Waals surface area contributed by atoms with Gasteiger partial charge in [-0.3, -0.25) is 9.20 Å². The zero-order valence-corrected chi connectivity index (χ0v) is 14.4. The number of benzene rings is 1. The smallest absolute Gasteiger partial charge is 0.230 e. The third-order valence-electron chi connectivity index (χ3n) is 3.61. The first-order chi connectivity index (χ1) is 11.1. The van der Waals surface area contributed by atoms with Gasteiger partial charge >= 0.3 is 0 Å². The molecular formula is C17H20N4OS. The minimum Gasteiger partial charge on any atom is -0.355 e. The molecule has 5 nitrogen and oxygen atoms in total. The number of hydrogen-bond acceptors (Lipinski definition) is 4. The minimum atomic E-state index is 0.0249. The quantitative estimate of drug-likeness (QED) is 0.731. The maximum atomic E-state index is 11.9. The molecule has 0 aliphatic rings. The number of aryl methyl sites for hydroxylation is 1. The molecule has 0 spiro atoms. The maximum Gasteiger partial charge on any atom is 0.230 e. The molecule has 23 heavy (non-hydrogen) atoms. The number of nitrogens with one attached hydrogen (secondary N) is 1. The highest BCUT2D eigenvalue weighted by Crippen LogP contribution is 2.25. The summed E-state index contributed by atoms with van der Waals surface area (Å²) in [5, 5.41) is 13.3. The lowest BCUT2D eigenvalue weighted by atomic mass is 10.1. The van der Waals surface area contributed by atoms with Crippen LogP contribution in [0.3, 0.4) is 0 Å². The fourth-order valence-corrected chi connectivity index (χ4v) is 3.25. The molecule has 0 radical (unpaired) electrons. The summed E-state index contributed by atoms with van der Waals surface area (Å²) in [4.78, 5) is 11.9. The molecule has 0 aliphatic heterocycles. The lowest BCUT2D eigenvalue weighted by Gasteiger charge is -2.08. The van der Waals surface area contributed by atoms with Crippen molar-refractivity contribution in [3.63, 3.8) is 0 Å². The molecule has 2 heterocycles. The molecule has 0 bridgehead atoms. The van der Waals surface area contributed by atoms with Crippen LogP contribution in [0.2, 0.25) is 0 Å². The van der Waals surface area contributed by atoms with Gasteiger partial charge in [0, 0.05) is 11.9 Å². The molecule has 0 atom stereocenters. The van der Waals surface area contributed by atoms with Gasteiger partial charge < -0.3 is 5.32 Å². The van der Waals surface area contributed by atoms with E-state index in [2.05, 4.69) is 48.4 Å². The van der Waals surface area contributed by atoms with E-state index in [1.54, 1.807) is 0 Å². The molecule has 1 N–H and O–H groups in total. The van der Waals surface area contributed by atoms with E-state index in [-0.39, 0.29) is 5.91 Å².